The first-order chi connectivity index (χ1) is 15.5. The number of nitrogens with one attached hydrogen (secondary N) is 1. The number of para-hydroxylation sites is 1. The van der Waals surface area contributed by atoms with Crippen molar-refractivity contribution in [1.29, 1.82) is 0 Å². The monoisotopic (exact) mass is 464 g/mol. The maximum absolute atomic E-state index is 12.9. The molecule has 1 saturated heterocycles. The third-order valence-electron chi connectivity index (χ3n) is 6.47. The number of benzene rings is 1. The Hall–Kier alpha value is -2.01. The van der Waals surface area contributed by atoms with Gasteiger partial charge >= 0.3 is 0 Å². The highest BCUT2D eigenvalue weighted by Crippen LogP contribution is 2.32. The van der Waals surface area contributed by atoms with E-state index in [1.54, 1.807) is 18.2 Å². The van der Waals surface area contributed by atoms with Crippen molar-refractivity contribution in [2.75, 3.05) is 13.7 Å². The number of nitrogens with zero attached hydrogens (tertiary/aromatic N) is 3. The van der Waals surface area contributed by atoms with Gasteiger partial charge in [-0.1, -0.05) is 30.2 Å². The van der Waals surface area contributed by atoms with Crippen molar-refractivity contribution in [3.63, 3.8) is 0 Å². The molecule has 1 aliphatic carbocycles. The van der Waals surface area contributed by atoms with Crippen LogP contribution in [0.5, 0.6) is 5.75 Å². The molecule has 0 unspecified atom stereocenters. The topological polar surface area (TPSA) is 116 Å². The Balaban J connectivity index is 1.33. The molecule has 0 spiro atoms. The van der Waals surface area contributed by atoms with Crippen molar-refractivity contribution >= 4 is 10.0 Å². The fourth-order valence-electron chi connectivity index (χ4n) is 4.69. The fourth-order valence-corrected chi connectivity index (χ4v) is 6.16. The summed E-state index contributed by atoms with van der Waals surface area (Å²) in [7, 11) is -2.38. The third-order valence-corrected chi connectivity index (χ3v) is 8.00. The van der Waals surface area contributed by atoms with Crippen molar-refractivity contribution in [3.05, 3.63) is 36.2 Å². The Morgan fingerprint density at radius 3 is 2.75 bits per heavy atom. The van der Waals surface area contributed by atoms with Crippen LogP contribution in [0.25, 0.3) is 0 Å². The first kappa shape index (κ1) is 23.2. The lowest BCUT2D eigenvalue weighted by molar-refractivity contribution is -0.0891. The minimum absolute atomic E-state index is 0.0710. The van der Waals surface area contributed by atoms with Gasteiger partial charge in [-0.3, -0.25) is 4.68 Å². The second-order valence-electron chi connectivity index (χ2n) is 8.61. The Bertz CT molecular complexity index is 990. The maximum atomic E-state index is 12.9. The zero-order valence-electron chi connectivity index (χ0n) is 18.4. The highest BCUT2D eigenvalue weighted by molar-refractivity contribution is 7.89. The lowest BCUT2D eigenvalue weighted by Crippen LogP contribution is -2.51. The summed E-state index contributed by atoms with van der Waals surface area (Å²) in [5, 5.41) is 18.4. The number of aromatic nitrogens is 3. The van der Waals surface area contributed by atoms with Gasteiger partial charge in [0, 0.05) is 18.7 Å². The predicted octanol–water partition coefficient (Wildman–Crippen LogP) is 2.22. The molecule has 0 bridgehead atoms. The van der Waals surface area contributed by atoms with Crippen molar-refractivity contribution in [1.82, 2.24) is 19.7 Å². The summed E-state index contributed by atoms with van der Waals surface area (Å²) in [4.78, 5) is 0.0746. The van der Waals surface area contributed by atoms with Crippen LogP contribution in [0.1, 0.15) is 56.6 Å². The van der Waals surface area contributed by atoms with Gasteiger partial charge in [-0.15, -0.1) is 5.10 Å². The summed E-state index contributed by atoms with van der Waals surface area (Å²) in [5.74, 6) is 0.811. The summed E-state index contributed by atoms with van der Waals surface area (Å²) >= 11 is 0. The lowest BCUT2D eigenvalue weighted by Gasteiger charge is -2.36. The minimum Gasteiger partial charge on any atom is -0.495 e. The Morgan fingerprint density at radius 2 is 2.00 bits per heavy atom. The van der Waals surface area contributed by atoms with E-state index >= 15 is 0 Å². The second kappa shape index (κ2) is 10.3. The van der Waals surface area contributed by atoms with E-state index in [0.29, 0.717) is 25.3 Å². The van der Waals surface area contributed by atoms with E-state index < -0.39 is 22.2 Å². The van der Waals surface area contributed by atoms with Crippen molar-refractivity contribution < 1.29 is 23.0 Å². The van der Waals surface area contributed by atoms with E-state index in [1.807, 2.05) is 10.9 Å². The standard InChI is InChI=1S/C22H32N4O5S/c1-30-20-8-4-5-9-22(20)32(28,29)24-18-11-10-17(31-21(18)15-27)12-13-26-14-19(23-25-26)16-6-2-3-7-16/h4-5,8-9,14,16-18,21,24,27H,2-3,6-7,10-13,15H2,1H3/t17-,18-,21-/m1/s1. The summed E-state index contributed by atoms with van der Waals surface area (Å²) < 4.78 is 41.6. The molecule has 0 radical (unpaired) electrons. The van der Waals surface area contributed by atoms with Gasteiger partial charge < -0.3 is 14.6 Å². The van der Waals surface area contributed by atoms with E-state index in [4.69, 9.17) is 9.47 Å². The molecule has 10 heteroatoms. The van der Waals surface area contributed by atoms with Crippen LogP contribution in [0.15, 0.2) is 35.4 Å². The molecule has 2 N–H and O–H groups in total. The van der Waals surface area contributed by atoms with Gasteiger partial charge in [0.05, 0.1) is 37.7 Å². The molecule has 1 aliphatic heterocycles. The molecule has 176 valence electrons. The van der Waals surface area contributed by atoms with Gasteiger partial charge in [-0.25, -0.2) is 13.1 Å². The molecule has 2 heterocycles. The molecule has 1 aromatic carbocycles. The molecule has 0 amide bonds. The highest BCUT2D eigenvalue weighted by Gasteiger charge is 2.34. The molecule has 1 aromatic heterocycles. The number of ether oxygens (including phenoxy) is 2. The average molecular weight is 465 g/mol. The summed E-state index contributed by atoms with van der Waals surface area (Å²) in [6.07, 6.45) is 8.26. The number of aryl methyl sites for hydroxylation is 1. The van der Waals surface area contributed by atoms with E-state index in [0.717, 1.165) is 12.1 Å². The smallest absolute Gasteiger partial charge is 0.244 e. The summed E-state index contributed by atoms with van der Waals surface area (Å²) in [5.41, 5.74) is 1.08. The predicted molar refractivity (Wildman–Crippen MR) is 118 cm³/mol. The molecule has 2 aliphatic rings. The van der Waals surface area contributed by atoms with E-state index in [9.17, 15) is 13.5 Å². The first-order valence-electron chi connectivity index (χ1n) is 11.3. The van der Waals surface area contributed by atoms with Crippen LogP contribution in [0, 0.1) is 0 Å². The minimum atomic E-state index is -3.81. The number of rotatable bonds is 9. The van der Waals surface area contributed by atoms with Crippen LogP contribution in [0.3, 0.4) is 0 Å². The number of sulfonamides is 1. The number of hydrogen-bond acceptors (Lipinski definition) is 7. The number of aliphatic hydroxyl groups is 1. The van der Waals surface area contributed by atoms with Gasteiger partial charge in [0.1, 0.15) is 10.6 Å². The molecule has 32 heavy (non-hydrogen) atoms. The van der Waals surface area contributed by atoms with Gasteiger partial charge in [0.25, 0.3) is 0 Å². The van der Waals surface area contributed by atoms with Crippen LogP contribution < -0.4 is 9.46 Å². The lowest BCUT2D eigenvalue weighted by atomic mass is 9.98. The third kappa shape index (κ3) is 5.31. The zero-order valence-corrected chi connectivity index (χ0v) is 19.2. The van der Waals surface area contributed by atoms with Crippen LogP contribution in [0.4, 0.5) is 0 Å². The van der Waals surface area contributed by atoms with Crippen LogP contribution in [0.2, 0.25) is 0 Å². The molecular formula is C22H32N4O5S. The van der Waals surface area contributed by atoms with E-state index in [1.165, 1.54) is 38.9 Å². The average Bonchev–Trinajstić information content (AvgIpc) is 3.50. The van der Waals surface area contributed by atoms with Crippen LogP contribution in [-0.2, 0) is 21.3 Å². The molecular weight excluding hydrogens is 432 g/mol. The first-order valence-corrected chi connectivity index (χ1v) is 12.8. The summed E-state index contributed by atoms with van der Waals surface area (Å²) in [6, 6.07) is 5.96. The Morgan fingerprint density at radius 1 is 1.22 bits per heavy atom. The van der Waals surface area contributed by atoms with Gasteiger partial charge in [-0.05, 0) is 44.2 Å². The van der Waals surface area contributed by atoms with E-state index in [2.05, 4.69) is 15.0 Å². The van der Waals surface area contributed by atoms with Gasteiger partial charge in [0.2, 0.25) is 10.0 Å². The zero-order chi connectivity index (χ0) is 22.6. The quantitative estimate of drug-likeness (QED) is 0.585. The Kier molecular flexibility index (Phi) is 7.44. The van der Waals surface area contributed by atoms with E-state index in [-0.39, 0.29) is 23.4 Å². The molecule has 1 saturated carbocycles. The van der Waals surface area contributed by atoms with Gasteiger partial charge in [-0.2, -0.15) is 0 Å². The van der Waals surface area contributed by atoms with Crippen molar-refractivity contribution in [2.24, 2.45) is 0 Å². The fraction of sp³-hybridized carbons (Fsp3) is 0.636. The maximum Gasteiger partial charge on any atom is 0.244 e. The molecule has 4 rings (SSSR count). The number of methoxy groups -OCH3 is 1. The normalized spacial score (nSPS) is 24.6. The summed E-state index contributed by atoms with van der Waals surface area (Å²) in [6.45, 7) is 0.422. The van der Waals surface area contributed by atoms with Crippen LogP contribution in [-0.4, -0.2) is 60.5 Å². The Labute approximate surface area is 189 Å². The molecule has 9 nitrogen and oxygen atoms in total. The van der Waals surface area contributed by atoms with Crippen LogP contribution >= 0.6 is 0 Å². The molecule has 2 fully saturated rings. The van der Waals surface area contributed by atoms with Gasteiger partial charge in [0.15, 0.2) is 0 Å². The molecule has 2 aromatic rings. The number of aliphatic hydroxyl groups excluding tert-OH is 1. The second-order valence-corrected chi connectivity index (χ2v) is 10.3. The largest absolute Gasteiger partial charge is 0.495 e. The highest BCUT2D eigenvalue weighted by atomic mass is 32.2. The SMILES string of the molecule is COc1ccccc1S(=O)(=O)N[C@@H]1CC[C@H](CCn2cc(C3CCCC3)nn2)O[C@@H]1CO. The van der Waals surface area contributed by atoms with Crippen molar-refractivity contribution in [3.8, 4) is 5.75 Å². The number of hydrogen-bond donors (Lipinski definition) is 2. The molecule has 3 atom stereocenters. The van der Waals surface area contributed by atoms with Crippen molar-refractivity contribution in [2.45, 2.75) is 80.6 Å².